The minimum atomic E-state index is 0.589. The zero-order chi connectivity index (χ0) is 29.0. The van der Waals surface area contributed by atoms with Crippen molar-refractivity contribution in [3.63, 3.8) is 0 Å². The highest BCUT2D eigenvalue weighted by molar-refractivity contribution is 7.21. The van der Waals surface area contributed by atoms with Gasteiger partial charge in [0.15, 0.2) is 17.5 Å². The van der Waals surface area contributed by atoms with Crippen LogP contribution >= 0.6 is 11.3 Å². The Morgan fingerprint density at radius 3 is 2.05 bits per heavy atom. The third kappa shape index (κ3) is 4.07. The Morgan fingerprint density at radius 2 is 1.14 bits per heavy atom. The van der Waals surface area contributed by atoms with Gasteiger partial charge in [0, 0.05) is 33.0 Å². The van der Waals surface area contributed by atoms with E-state index in [-0.39, 0.29) is 0 Å². The molecule has 206 valence electrons. The molecule has 0 saturated heterocycles. The van der Waals surface area contributed by atoms with Gasteiger partial charge in [0.05, 0.1) is 10.2 Å². The highest BCUT2D eigenvalue weighted by atomic mass is 32.1. The second-order valence-corrected chi connectivity index (χ2v) is 11.7. The first kappa shape index (κ1) is 24.8. The molecule has 0 aliphatic carbocycles. The Bertz CT molecular complexity index is 2510. The van der Waals surface area contributed by atoms with Crippen molar-refractivity contribution in [2.24, 2.45) is 0 Å². The molecule has 3 heterocycles. The second-order valence-electron chi connectivity index (χ2n) is 10.7. The predicted octanol–water partition coefficient (Wildman–Crippen LogP) is 10.2. The molecule has 0 aliphatic rings. The molecule has 0 unspecified atom stereocenters. The van der Waals surface area contributed by atoms with Crippen molar-refractivity contribution in [3.8, 4) is 44.7 Å². The van der Waals surface area contributed by atoms with Crippen LogP contribution < -0.4 is 0 Å². The van der Waals surface area contributed by atoms with Crippen molar-refractivity contribution in [3.05, 3.63) is 133 Å². The molecule has 0 saturated carbocycles. The van der Waals surface area contributed by atoms with E-state index < -0.39 is 0 Å². The molecule has 0 bridgehead atoms. The first-order chi connectivity index (χ1) is 21.8. The maximum atomic E-state index is 6.08. The molecule has 0 fully saturated rings. The number of hydrogen-bond donors (Lipinski definition) is 0. The zero-order valence-electron chi connectivity index (χ0n) is 23.3. The summed E-state index contributed by atoms with van der Waals surface area (Å²) >= 11 is 1.69. The first-order valence-electron chi connectivity index (χ1n) is 14.4. The molecule has 6 heteroatoms. The number of furan rings is 1. The van der Waals surface area contributed by atoms with E-state index in [4.69, 9.17) is 24.4 Å². The normalized spacial score (nSPS) is 11.6. The van der Waals surface area contributed by atoms with Gasteiger partial charge in [-0.25, -0.2) is 19.9 Å². The molecule has 0 atom stereocenters. The van der Waals surface area contributed by atoms with E-state index in [1.165, 1.54) is 10.8 Å². The van der Waals surface area contributed by atoms with Gasteiger partial charge >= 0.3 is 0 Å². The van der Waals surface area contributed by atoms with Crippen molar-refractivity contribution in [1.29, 1.82) is 0 Å². The third-order valence-corrected chi connectivity index (χ3v) is 9.04. The van der Waals surface area contributed by atoms with Gasteiger partial charge in [0.1, 0.15) is 16.2 Å². The number of thiazole rings is 1. The summed E-state index contributed by atoms with van der Waals surface area (Å²) in [5, 5.41) is 5.45. The predicted molar refractivity (Wildman–Crippen MR) is 180 cm³/mol. The lowest BCUT2D eigenvalue weighted by molar-refractivity contribution is 0.669. The number of benzene rings is 6. The molecule has 5 nitrogen and oxygen atoms in total. The molecule has 44 heavy (non-hydrogen) atoms. The van der Waals surface area contributed by atoms with E-state index in [0.29, 0.717) is 17.5 Å². The van der Waals surface area contributed by atoms with Crippen LogP contribution in [-0.4, -0.2) is 19.9 Å². The average molecular weight is 583 g/mol. The zero-order valence-corrected chi connectivity index (χ0v) is 24.1. The number of rotatable bonds is 4. The highest BCUT2D eigenvalue weighted by Gasteiger charge is 2.18. The fourth-order valence-electron chi connectivity index (χ4n) is 5.86. The summed E-state index contributed by atoms with van der Waals surface area (Å²) in [6.07, 6.45) is 0. The Labute approximate surface area is 256 Å². The highest BCUT2D eigenvalue weighted by Crippen LogP contribution is 2.38. The van der Waals surface area contributed by atoms with E-state index in [9.17, 15) is 0 Å². The number of aromatic nitrogens is 4. The SMILES string of the molecule is c1ccc(-c2nc(-c3ccc4oc5ccccc5c4c3)nc(-c3cccc4sc(-c5cccc6ccccc56)nc34)n2)cc1. The third-order valence-electron chi connectivity index (χ3n) is 7.98. The lowest BCUT2D eigenvalue weighted by atomic mass is 10.1. The van der Waals surface area contributed by atoms with Crippen molar-refractivity contribution in [1.82, 2.24) is 19.9 Å². The summed E-state index contributed by atoms with van der Waals surface area (Å²) in [4.78, 5) is 20.2. The van der Waals surface area contributed by atoms with Gasteiger partial charge in [-0.2, -0.15) is 0 Å². The van der Waals surface area contributed by atoms with Crippen molar-refractivity contribution < 1.29 is 4.42 Å². The molecule has 0 spiro atoms. The molecule has 0 amide bonds. The van der Waals surface area contributed by atoms with Crippen LogP contribution in [0.5, 0.6) is 0 Å². The summed E-state index contributed by atoms with van der Waals surface area (Å²) in [7, 11) is 0. The van der Waals surface area contributed by atoms with Crippen molar-refractivity contribution >= 4 is 54.3 Å². The monoisotopic (exact) mass is 582 g/mol. The van der Waals surface area contributed by atoms with Crippen LogP contribution in [0.1, 0.15) is 0 Å². The van der Waals surface area contributed by atoms with Gasteiger partial charge in [-0.15, -0.1) is 11.3 Å². The van der Waals surface area contributed by atoms with Crippen LogP contribution in [0.3, 0.4) is 0 Å². The summed E-state index contributed by atoms with van der Waals surface area (Å²) < 4.78 is 7.17. The maximum Gasteiger partial charge on any atom is 0.166 e. The van der Waals surface area contributed by atoms with Crippen molar-refractivity contribution in [2.45, 2.75) is 0 Å². The molecule has 9 rings (SSSR count). The molecule has 3 aromatic heterocycles. The lowest BCUT2D eigenvalue weighted by Gasteiger charge is -2.09. The Hall–Kier alpha value is -5.72. The van der Waals surface area contributed by atoms with Gasteiger partial charge in [-0.05, 0) is 47.2 Å². The average Bonchev–Trinajstić information content (AvgIpc) is 3.70. The molecule has 0 radical (unpaired) electrons. The van der Waals surface area contributed by atoms with Gasteiger partial charge < -0.3 is 4.42 Å². The summed E-state index contributed by atoms with van der Waals surface area (Å²) in [5.74, 6) is 1.80. The molecule has 6 aromatic carbocycles. The van der Waals surface area contributed by atoms with Crippen LogP contribution in [0.4, 0.5) is 0 Å². The number of nitrogens with zero attached hydrogens (tertiary/aromatic N) is 4. The maximum absolute atomic E-state index is 6.08. The quantitative estimate of drug-likeness (QED) is 0.207. The smallest absolute Gasteiger partial charge is 0.166 e. The minimum absolute atomic E-state index is 0.589. The summed E-state index contributed by atoms with van der Waals surface area (Å²) in [6, 6.07) is 45.3. The minimum Gasteiger partial charge on any atom is -0.456 e. The van der Waals surface area contributed by atoms with Crippen LogP contribution in [0.25, 0.3) is 87.7 Å². The van der Waals surface area contributed by atoms with Crippen molar-refractivity contribution in [2.75, 3.05) is 0 Å². The fraction of sp³-hybridized carbons (Fsp3) is 0. The Balaban J connectivity index is 1.25. The largest absolute Gasteiger partial charge is 0.456 e. The summed E-state index contributed by atoms with van der Waals surface area (Å²) in [6.45, 7) is 0. The molecular formula is C38H22N4OS. The standard InChI is InChI=1S/C38H22N4OS/c1-2-11-24(12-3-1)35-40-36(25-20-21-32-30(22-25)27-15-6-7-18-31(27)43-32)42-37(41-35)29-17-9-19-33-34(29)39-38(44-33)28-16-8-13-23-10-4-5-14-26(23)28/h1-22H. The van der Waals surface area contributed by atoms with Gasteiger partial charge in [-0.3, -0.25) is 0 Å². The van der Waals surface area contributed by atoms with E-state index in [1.807, 2.05) is 60.7 Å². The van der Waals surface area contributed by atoms with E-state index in [1.54, 1.807) is 11.3 Å². The first-order valence-corrected chi connectivity index (χ1v) is 15.2. The van der Waals surface area contributed by atoms with Crippen LogP contribution in [-0.2, 0) is 0 Å². The summed E-state index contributed by atoms with van der Waals surface area (Å²) in [5.41, 5.74) is 6.39. The number of hydrogen-bond acceptors (Lipinski definition) is 6. The molecule has 0 N–H and O–H groups in total. The van der Waals surface area contributed by atoms with Gasteiger partial charge in [-0.1, -0.05) is 97.1 Å². The Kier molecular flexibility index (Phi) is 5.61. The molecular weight excluding hydrogens is 561 g/mol. The van der Waals surface area contributed by atoms with Crippen LogP contribution in [0.2, 0.25) is 0 Å². The van der Waals surface area contributed by atoms with E-state index >= 15 is 0 Å². The van der Waals surface area contributed by atoms with Gasteiger partial charge in [0.2, 0.25) is 0 Å². The van der Waals surface area contributed by atoms with Gasteiger partial charge in [0.25, 0.3) is 0 Å². The van der Waals surface area contributed by atoms with E-state index in [0.717, 1.165) is 59.4 Å². The lowest BCUT2D eigenvalue weighted by Crippen LogP contribution is -2.00. The topological polar surface area (TPSA) is 64.7 Å². The molecule has 9 aromatic rings. The van der Waals surface area contributed by atoms with E-state index in [2.05, 4.69) is 72.8 Å². The fourth-order valence-corrected chi connectivity index (χ4v) is 6.90. The van der Waals surface area contributed by atoms with Crippen LogP contribution in [0, 0.1) is 0 Å². The van der Waals surface area contributed by atoms with Crippen LogP contribution in [0.15, 0.2) is 138 Å². The Morgan fingerprint density at radius 1 is 0.455 bits per heavy atom. The molecule has 0 aliphatic heterocycles. The number of fused-ring (bicyclic) bond motifs is 5. The number of para-hydroxylation sites is 2. The second kappa shape index (κ2) is 9.93.